The van der Waals surface area contributed by atoms with Gasteiger partial charge in [-0.2, -0.15) is 18.3 Å². The van der Waals surface area contributed by atoms with Gasteiger partial charge in [-0.1, -0.05) is 19.3 Å². The van der Waals surface area contributed by atoms with Crippen molar-refractivity contribution in [3.8, 4) is 5.82 Å². The van der Waals surface area contributed by atoms with Crippen LogP contribution in [0.25, 0.3) is 5.82 Å². The molecule has 3 rings (SSSR count). The molecule has 0 atom stereocenters. The van der Waals surface area contributed by atoms with Gasteiger partial charge in [0, 0.05) is 18.3 Å². The molecule has 0 aliphatic heterocycles. The van der Waals surface area contributed by atoms with Gasteiger partial charge in [-0.05, 0) is 25.0 Å². The van der Waals surface area contributed by atoms with Crippen molar-refractivity contribution in [2.75, 3.05) is 0 Å². The largest absolute Gasteiger partial charge is 0.417 e. The van der Waals surface area contributed by atoms with Crippen LogP contribution < -0.4 is 0 Å². The second kappa shape index (κ2) is 6.14. The van der Waals surface area contributed by atoms with Crippen molar-refractivity contribution in [3.63, 3.8) is 0 Å². The highest BCUT2D eigenvalue weighted by Gasteiger charge is 2.31. The maximum absolute atomic E-state index is 12.6. The van der Waals surface area contributed by atoms with Gasteiger partial charge in [-0.25, -0.2) is 9.67 Å². The summed E-state index contributed by atoms with van der Waals surface area (Å²) in [6, 6.07) is 2.22. The lowest BCUT2D eigenvalue weighted by Crippen LogP contribution is -2.09. The topological polar surface area (TPSA) is 47.8 Å². The summed E-state index contributed by atoms with van der Waals surface area (Å²) in [7, 11) is 0. The number of nitrogens with zero attached hydrogens (tertiary/aromatic N) is 3. The van der Waals surface area contributed by atoms with Crippen molar-refractivity contribution in [2.45, 2.75) is 44.2 Å². The van der Waals surface area contributed by atoms with Gasteiger partial charge in [-0.15, -0.1) is 0 Å². The van der Waals surface area contributed by atoms with E-state index in [2.05, 4.69) is 10.1 Å². The van der Waals surface area contributed by atoms with E-state index in [1.807, 2.05) is 0 Å². The Morgan fingerprint density at radius 3 is 2.48 bits per heavy atom. The Morgan fingerprint density at radius 2 is 1.91 bits per heavy atom. The Labute approximate surface area is 131 Å². The van der Waals surface area contributed by atoms with E-state index in [1.54, 1.807) is 0 Å². The summed E-state index contributed by atoms with van der Waals surface area (Å²) < 4.78 is 39.1. The minimum absolute atomic E-state index is 0.236. The average Bonchev–Trinajstić information content (AvgIpc) is 2.99. The van der Waals surface area contributed by atoms with Crippen LogP contribution in [0.5, 0.6) is 0 Å². The summed E-state index contributed by atoms with van der Waals surface area (Å²) in [5.41, 5.74) is 0.400. The molecular formula is C16H16F3N3O. The summed E-state index contributed by atoms with van der Waals surface area (Å²) in [5, 5.41) is 4.41. The maximum atomic E-state index is 12.6. The van der Waals surface area contributed by atoms with Gasteiger partial charge < -0.3 is 0 Å². The van der Waals surface area contributed by atoms with Crippen LogP contribution >= 0.6 is 0 Å². The molecule has 2 heterocycles. The molecule has 1 fully saturated rings. The van der Waals surface area contributed by atoms with E-state index in [1.165, 1.54) is 23.4 Å². The third-order valence-corrected chi connectivity index (χ3v) is 4.20. The number of carbonyl (C=O) groups is 1. The van der Waals surface area contributed by atoms with Crippen LogP contribution in [-0.4, -0.2) is 21.1 Å². The molecule has 0 unspecified atom stereocenters. The van der Waals surface area contributed by atoms with E-state index in [4.69, 9.17) is 0 Å². The monoisotopic (exact) mass is 323 g/mol. The molecule has 0 saturated heterocycles. The Balaban J connectivity index is 1.91. The molecular weight excluding hydrogens is 307 g/mol. The summed E-state index contributed by atoms with van der Waals surface area (Å²) in [5.74, 6) is 0.503. The molecule has 122 valence electrons. The lowest BCUT2D eigenvalue weighted by atomic mass is 9.86. The molecule has 4 nitrogen and oxygen atoms in total. The van der Waals surface area contributed by atoms with Crippen molar-refractivity contribution in [1.29, 1.82) is 0 Å². The van der Waals surface area contributed by atoms with Crippen LogP contribution in [0, 0.1) is 0 Å². The number of hydrogen-bond acceptors (Lipinski definition) is 3. The van der Waals surface area contributed by atoms with Crippen LogP contribution in [0.4, 0.5) is 13.2 Å². The molecule has 1 aliphatic carbocycles. The molecule has 1 saturated carbocycles. The smallest absolute Gasteiger partial charge is 0.298 e. The zero-order chi connectivity index (χ0) is 16.4. The summed E-state index contributed by atoms with van der Waals surface area (Å²) in [6.07, 6.45) is 4.01. The highest BCUT2D eigenvalue weighted by atomic mass is 19.4. The van der Waals surface area contributed by atoms with Gasteiger partial charge in [-0.3, -0.25) is 4.79 Å². The van der Waals surface area contributed by atoms with E-state index in [0.29, 0.717) is 5.56 Å². The Bertz CT molecular complexity index is 686. The van der Waals surface area contributed by atoms with Crippen molar-refractivity contribution >= 4 is 6.29 Å². The minimum Gasteiger partial charge on any atom is -0.298 e. The van der Waals surface area contributed by atoms with E-state index in [-0.39, 0.29) is 11.7 Å². The second-order valence-corrected chi connectivity index (χ2v) is 5.77. The number of alkyl halides is 3. The number of pyridine rings is 1. The summed E-state index contributed by atoms with van der Waals surface area (Å²) >= 11 is 0. The van der Waals surface area contributed by atoms with Crippen LogP contribution in [0.1, 0.15) is 59.6 Å². The van der Waals surface area contributed by atoms with Crippen molar-refractivity contribution in [1.82, 2.24) is 14.8 Å². The predicted molar refractivity (Wildman–Crippen MR) is 77.6 cm³/mol. The molecule has 0 bridgehead atoms. The van der Waals surface area contributed by atoms with Crippen LogP contribution in [0.15, 0.2) is 24.5 Å². The third-order valence-electron chi connectivity index (χ3n) is 4.20. The number of rotatable bonds is 3. The average molecular weight is 323 g/mol. The van der Waals surface area contributed by atoms with Crippen molar-refractivity contribution in [2.24, 2.45) is 0 Å². The molecule has 7 heteroatoms. The fraction of sp³-hybridized carbons (Fsp3) is 0.438. The Morgan fingerprint density at radius 1 is 1.17 bits per heavy atom. The van der Waals surface area contributed by atoms with Crippen LogP contribution in [-0.2, 0) is 6.18 Å². The van der Waals surface area contributed by atoms with Gasteiger partial charge in [0.15, 0.2) is 12.1 Å². The first-order valence-corrected chi connectivity index (χ1v) is 7.57. The number of carbonyl (C=O) groups excluding carboxylic acids is 1. The van der Waals surface area contributed by atoms with Gasteiger partial charge in [0.2, 0.25) is 0 Å². The third kappa shape index (κ3) is 3.28. The fourth-order valence-electron chi connectivity index (χ4n) is 2.99. The van der Waals surface area contributed by atoms with Gasteiger partial charge in [0.25, 0.3) is 0 Å². The molecule has 1 aliphatic rings. The molecule has 23 heavy (non-hydrogen) atoms. The molecule has 0 spiro atoms. The number of halogens is 3. The van der Waals surface area contributed by atoms with Gasteiger partial charge >= 0.3 is 6.18 Å². The SMILES string of the molecule is O=Cc1cn(-c2ccc(C(F)(F)F)cn2)nc1C1CCCCC1. The lowest BCUT2D eigenvalue weighted by molar-refractivity contribution is -0.137. The standard InChI is InChI=1S/C16H16F3N3O/c17-16(18,19)13-6-7-14(20-8-13)22-9-12(10-23)15(21-22)11-4-2-1-3-5-11/h6-11H,1-5H2. The first kappa shape index (κ1) is 15.7. The van der Waals surface area contributed by atoms with Crippen LogP contribution in [0.3, 0.4) is 0 Å². The van der Waals surface area contributed by atoms with E-state index < -0.39 is 11.7 Å². The number of hydrogen-bond donors (Lipinski definition) is 0. The highest BCUT2D eigenvalue weighted by Crippen LogP contribution is 2.33. The van der Waals surface area contributed by atoms with E-state index >= 15 is 0 Å². The Hall–Kier alpha value is -2.18. The fourth-order valence-corrected chi connectivity index (χ4v) is 2.99. The maximum Gasteiger partial charge on any atom is 0.417 e. The zero-order valence-electron chi connectivity index (χ0n) is 12.4. The molecule has 2 aromatic heterocycles. The quantitative estimate of drug-likeness (QED) is 0.797. The number of aromatic nitrogens is 3. The van der Waals surface area contributed by atoms with Gasteiger partial charge in [0.05, 0.1) is 16.8 Å². The highest BCUT2D eigenvalue weighted by molar-refractivity contribution is 5.76. The van der Waals surface area contributed by atoms with E-state index in [9.17, 15) is 18.0 Å². The zero-order valence-corrected chi connectivity index (χ0v) is 12.4. The molecule has 0 aromatic carbocycles. The normalized spacial score (nSPS) is 16.5. The number of aldehydes is 1. The van der Waals surface area contributed by atoms with Crippen LogP contribution in [0.2, 0.25) is 0 Å². The molecule has 0 amide bonds. The predicted octanol–water partition coefficient (Wildman–Crippen LogP) is 4.15. The van der Waals surface area contributed by atoms with Gasteiger partial charge in [0.1, 0.15) is 0 Å². The molecule has 0 radical (unpaired) electrons. The first-order valence-electron chi connectivity index (χ1n) is 7.57. The first-order chi connectivity index (χ1) is 11.0. The van der Waals surface area contributed by atoms with Crippen molar-refractivity contribution in [3.05, 3.63) is 41.3 Å². The molecule has 2 aromatic rings. The minimum atomic E-state index is -4.42. The summed E-state index contributed by atoms with van der Waals surface area (Å²) in [6.45, 7) is 0. The summed E-state index contributed by atoms with van der Waals surface area (Å²) in [4.78, 5) is 15.1. The second-order valence-electron chi connectivity index (χ2n) is 5.77. The Kier molecular flexibility index (Phi) is 4.19. The van der Waals surface area contributed by atoms with Crippen molar-refractivity contribution < 1.29 is 18.0 Å². The lowest BCUT2D eigenvalue weighted by Gasteiger charge is -2.20. The molecule has 0 N–H and O–H groups in total. The van der Waals surface area contributed by atoms with E-state index in [0.717, 1.165) is 49.9 Å².